The molecule has 1 N–H and O–H groups in total. The van der Waals surface area contributed by atoms with Crippen LogP contribution < -0.4 is 0 Å². The van der Waals surface area contributed by atoms with Crippen LogP contribution in [0.5, 0.6) is 0 Å². The Labute approximate surface area is 143 Å². The van der Waals surface area contributed by atoms with Gasteiger partial charge in [-0.25, -0.2) is 0 Å². The maximum Gasteiger partial charge on any atom is 0.267 e. The average molecular weight is 332 g/mol. The first-order valence-electron chi connectivity index (χ1n) is 9.08. The van der Waals surface area contributed by atoms with Crippen LogP contribution in [0.4, 0.5) is 0 Å². The molecule has 1 aromatic heterocycles. The molecule has 0 aromatic carbocycles. The predicted octanol–water partition coefficient (Wildman–Crippen LogP) is 3.00. The summed E-state index contributed by atoms with van der Waals surface area (Å²) in [5.41, 5.74) is 4.49. The zero-order valence-corrected chi connectivity index (χ0v) is 15.1. The molecular weight excluding hydrogens is 304 g/mol. The minimum atomic E-state index is -0.452. The normalized spacial score (nSPS) is 21.5. The van der Waals surface area contributed by atoms with E-state index in [0.717, 1.165) is 30.7 Å². The SMILES string of the molecule is CCC[C@H](C)c1n[nH]c2c1CN(C(=O)[C@@H]1CC(C(C)C)=NO1)CC2. The lowest BCUT2D eigenvalue weighted by molar-refractivity contribution is -0.143. The highest BCUT2D eigenvalue weighted by atomic mass is 16.6. The van der Waals surface area contributed by atoms with Gasteiger partial charge in [0, 0.05) is 43.1 Å². The van der Waals surface area contributed by atoms with Gasteiger partial charge in [0.15, 0.2) is 0 Å². The van der Waals surface area contributed by atoms with E-state index >= 15 is 0 Å². The predicted molar refractivity (Wildman–Crippen MR) is 92.8 cm³/mol. The number of aromatic nitrogens is 2. The quantitative estimate of drug-likeness (QED) is 0.901. The molecule has 3 heterocycles. The minimum absolute atomic E-state index is 0.0512. The fourth-order valence-electron chi connectivity index (χ4n) is 3.56. The highest BCUT2D eigenvalue weighted by molar-refractivity contribution is 5.93. The molecule has 132 valence electrons. The Morgan fingerprint density at radius 1 is 1.42 bits per heavy atom. The Morgan fingerprint density at radius 3 is 2.88 bits per heavy atom. The van der Waals surface area contributed by atoms with Crippen molar-refractivity contribution in [3.8, 4) is 0 Å². The van der Waals surface area contributed by atoms with Gasteiger partial charge in [-0.05, 0) is 12.3 Å². The van der Waals surface area contributed by atoms with Crippen LogP contribution in [0.1, 0.15) is 69.8 Å². The van der Waals surface area contributed by atoms with Crippen molar-refractivity contribution < 1.29 is 9.63 Å². The van der Waals surface area contributed by atoms with Crippen molar-refractivity contribution in [3.63, 3.8) is 0 Å². The zero-order valence-electron chi connectivity index (χ0n) is 15.1. The number of hydrogen-bond donors (Lipinski definition) is 1. The molecule has 6 nitrogen and oxygen atoms in total. The van der Waals surface area contributed by atoms with Crippen LogP contribution in [-0.2, 0) is 22.6 Å². The fraction of sp³-hybridized carbons (Fsp3) is 0.722. The lowest BCUT2D eigenvalue weighted by Gasteiger charge is -2.29. The van der Waals surface area contributed by atoms with E-state index in [1.54, 1.807) is 0 Å². The van der Waals surface area contributed by atoms with Gasteiger partial charge in [0.2, 0.25) is 6.10 Å². The molecule has 0 fully saturated rings. The summed E-state index contributed by atoms with van der Waals surface area (Å²) in [6.07, 6.45) is 3.24. The van der Waals surface area contributed by atoms with E-state index in [2.05, 4.69) is 43.0 Å². The zero-order chi connectivity index (χ0) is 17.3. The molecule has 2 atom stereocenters. The first kappa shape index (κ1) is 17.0. The molecule has 3 rings (SSSR count). The number of H-pyrrole nitrogens is 1. The van der Waals surface area contributed by atoms with Crippen LogP contribution >= 0.6 is 0 Å². The molecule has 1 aromatic rings. The molecule has 2 aliphatic rings. The molecule has 1 amide bonds. The van der Waals surface area contributed by atoms with Gasteiger partial charge in [0.1, 0.15) is 0 Å². The van der Waals surface area contributed by atoms with Crippen LogP contribution in [0, 0.1) is 5.92 Å². The van der Waals surface area contributed by atoms with Gasteiger partial charge < -0.3 is 9.74 Å². The molecule has 2 aliphatic heterocycles. The lowest BCUT2D eigenvalue weighted by atomic mass is 9.94. The van der Waals surface area contributed by atoms with Crippen molar-refractivity contribution in [1.29, 1.82) is 0 Å². The molecule has 0 bridgehead atoms. The minimum Gasteiger partial charge on any atom is -0.382 e. The third-order valence-electron chi connectivity index (χ3n) is 5.10. The number of aromatic amines is 1. The van der Waals surface area contributed by atoms with Crippen LogP contribution in [-0.4, -0.2) is 39.4 Å². The van der Waals surface area contributed by atoms with E-state index in [1.165, 1.54) is 11.3 Å². The van der Waals surface area contributed by atoms with Gasteiger partial charge in [-0.2, -0.15) is 5.10 Å². The van der Waals surface area contributed by atoms with Crippen molar-refractivity contribution in [3.05, 3.63) is 17.0 Å². The second kappa shape index (κ2) is 6.95. The summed E-state index contributed by atoms with van der Waals surface area (Å²) in [5, 5.41) is 11.8. The monoisotopic (exact) mass is 332 g/mol. The number of rotatable bonds is 5. The number of carbonyl (C=O) groups excluding carboxylic acids is 1. The molecule has 0 spiro atoms. The van der Waals surface area contributed by atoms with Crippen molar-refractivity contribution >= 4 is 11.6 Å². The van der Waals surface area contributed by atoms with Gasteiger partial charge in [-0.15, -0.1) is 0 Å². The number of nitrogens with zero attached hydrogens (tertiary/aromatic N) is 3. The molecule has 6 heteroatoms. The summed E-state index contributed by atoms with van der Waals surface area (Å²) in [4.78, 5) is 20.1. The van der Waals surface area contributed by atoms with Crippen LogP contribution in [0.3, 0.4) is 0 Å². The number of oxime groups is 1. The Balaban J connectivity index is 1.69. The van der Waals surface area contributed by atoms with Gasteiger partial charge >= 0.3 is 0 Å². The number of carbonyl (C=O) groups is 1. The molecule has 0 saturated heterocycles. The van der Waals surface area contributed by atoms with Crippen molar-refractivity contribution in [2.45, 2.75) is 71.9 Å². The van der Waals surface area contributed by atoms with E-state index < -0.39 is 6.10 Å². The molecule has 0 unspecified atom stereocenters. The standard InChI is InChI=1S/C18H28N4O2/c1-5-6-12(4)17-13-10-22(8-7-14(13)19-20-17)18(23)16-9-15(11(2)3)21-24-16/h11-12,16H,5-10H2,1-4H3,(H,19,20)/t12-,16-/m0/s1. The summed E-state index contributed by atoms with van der Waals surface area (Å²) in [5.74, 6) is 0.796. The topological polar surface area (TPSA) is 70.6 Å². The highest BCUT2D eigenvalue weighted by Crippen LogP contribution is 2.29. The summed E-state index contributed by atoms with van der Waals surface area (Å²) in [6.45, 7) is 9.90. The molecule has 0 saturated carbocycles. The van der Waals surface area contributed by atoms with Gasteiger partial charge in [0.05, 0.1) is 11.4 Å². The molecule has 0 aliphatic carbocycles. The second-order valence-corrected chi connectivity index (χ2v) is 7.30. The van der Waals surface area contributed by atoms with E-state index in [-0.39, 0.29) is 5.91 Å². The van der Waals surface area contributed by atoms with Crippen molar-refractivity contribution in [1.82, 2.24) is 15.1 Å². The van der Waals surface area contributed by atoms with E-state index in [9.17, 15) is 4.79 Å². The summed E-state index contributed by atoms with van der Waals surface area (Å²) in [6, 6.07) is 0. The fourth-order valence-corrected chi connectivity index (χ4v) is 3.56. The molecule has 0 radical (unpaired) electrons. The first-order chi connectivity index (χ1) is 11.5. The van der Waals surface area contributed by atoms with Gasteiger partial charge in [-0.3, -0.25) is 9.89 Å². The maximum atomic E-state index is 12.8. The summed E-state index contributed by atoms with van der Waals surface area (Å²) < 4.78 is 0. The average Bonchev–Trinajstić information content (AvgIpc) is 3.21. The Morgan fingerprint density at radius 2 is 2.21 bits per heavy atom. The Bertz CT molecular complexity index is 635. The van der Waals surface area contributed by atoms with E-state index in [1.807, 2.05) is 4.90 Å². The molecule has 24 heavy (non-hydrogen) atoms. The smallest absolute Gasteiger partial charge is 0.267 e. The highest BCUT2D eigenvalue weighted by Gasteiger charge is 2.35. The van der Waals surface area contributed by atoms with Crippen molar-refractivity contribution in [2.75, 3.05) is 6.54 Å². The van der Waals surface area contributed by atoms with E-state index in [4.69, 9.17) is 4.84 Å². The molecular formula is C18H28N4O2. The third kappa shape index (κ3) is 3.19. The number of nitrogens with one attached hydrogen (secondary N) is 1. The maximum absolute atomic E-state index is 12.8. The number of hydrogen-bond acceptors (Lipinski definition) is 4. The van der Waals surface area contributed by atoms with Crippen LogP contribution in [0.25, 0.3) is 0 Å². The number of fused-ring (bicyclic) bond motifs is 1. The summed E-state index contributed by atoms with van der Waals surface area (Å²) >= 11 is 0. The second-order valence-electron chi connectivity index (χ2n) is 7.30. The van der Waals surface area contributed by atoms with E-state index in [0.29, 0.717) is 31.3 Å². The first-order valence-corrected chi connectivity index (χ1v) is 9.08. The summed E-state index contributed by atoms with van der Waals surface area (Å²) in [7, 11) is 0. The number of amides is 1. The van der Waals surface area contributed by atoms with Crippen LogP contribution in [0.15, 0.2) is 5.16 Å². The third-order valence-corrected chi connectivity index (χ3v) is 5.10. The Hall–Kier alpha value is -1.85. The van der Waals surface area contributed by atoms with Gasteiger partial charge in [-0.1, -0.05) is 39.3 Å². The van der Waals surface area contributed by atoms with Crippen LogP contribution in [0.2, 0.25) is 0 Å². The largest absolute Gasteiger partial charge is 0.382 e. The van der Waals surface area contributed by atoms with Gasteiger partial charge in [0.25, 0.3) is 5.91 Å². The lowest BCUT2D eigenvalue weighted by Crippen LogP contribution is -2.42. The van der Waals surface area contributed by atoms with Crippen molar-refractivity contribution in [2.24, 2.45) is 11.1 Å². The Kier molecular flexibility index (Phi) is 4.92.